The topological polar surface area (TPSA) is 98.8 Å². The molecular weight excluding hydrogens is 610 g/mol. The zero-order valence-corrected chi connectivity index (χ0v) is 25.1. The summed E-state index contributed by atoms with van der Waals surface area (Å²) < 4.78 is 75.5. The molecule has 3 heterocycles. The molecule has 3 aliphatic rings. The van der Waals surface area contributed by atoms with Gasteiger partial charge in [-0.2, -0.15) is 5.10 Å². The van der Waals surface area contributed by atoms with Gasteiger partial charge in [0.15, 0.2) is 5.78 Å². The Morgan fingerprint density at radius 2 is 1.82 bits per heavy atom. The van der Waals surface area contributed by atoms with E-state index in [2.05, 4.69) is 26.0 Å². The van der Waals surface area contributed by atoms with Gasteiger partial charge in [0.05, 0.1) is 32.7 Å². The van der Waals surface area contributed by atoms with Crippen molar-refractivity contribution in [2.45, 2.75) is 61.7 Å². The Balaban J connectivity index is 1.33. The monoisotopic (exact) mass is 639 g/mol. The maximum absolute atomic E-state index is 14.5. The van der Waals surface area contributed by atoms with Crippen LogP contribution >= 0.6 is 0 Å². The molecular formula is C31H29F4N7O2S. The minimum absolute atomic E-state index is 0.0692. The predicted molar refractivity (Wildman–Crippen MR) is 158 cm³/mol. The number of aromatic nitrogens is 6. The van der Waals surface area contributed by atoms with Crippen molar-refractivity contribution in [3.05, 3.63) is 89.3 Å². The summed E-state index contributed by atoms with van der Waals surface area (Å²) in [6.45, 7) is 0. The van der Waals surface area contributed by atoms with E-state index in [1.165, 1.54) is 33.6 Å². The van der Waals surface area contributed by atoms with Gasteiger partial charge in [-0.3, -0.25) is 14.5 Å². The number of pyridine rings is 1. The summed E-state index contributed by atoms with van der Waals surface area (Å²) in [6.07, 6.45) is 6.10. The lowest BCUT2D eigenvalue weighted by atomic mass is 9.60. The summed E-state index contributed by atoms with van der Waals surface area (Å²) in [5.41, 5.74) is 1.49. The Labute approximate surface area is 256 Å². The number of rotatable bonds is 7. The second-order valence-corrected chi connectivity index (χ2v) is 14.1. The first-order valence-corrected chi connectivity index (χ1v) is 16.1. The van der Waals surface area contributed by atoms with E-state index in [0.29, 0.717) is 18.5 Å². The van der Waals surface area contributed by atoms with Crippen LogP contribution in [0.2, 0.25) is 0 Å². The quantitative estimate of drug-likeness (QED) is 0.163. The third-order valence-electron chi connectivity index (χ3n) is 9.09. The van der Waals surface area contributed by atoms with Gasteiger partial charge in [-0.25, -0.2) is 35.7 Å². The van der Waals surface area contributed by atoms with Gasteiger partial charge in [0.1, 0.15) is 23.7 Å². The van der Waals surface area contributed by atoms with Gasteiger partial charge in [-0.15, -0.1) is 5.10 Å². The Kier molecular flexibility index (Phi) is 6.85. The number of aryl methyl sites for hydroxylation is 1. The fourth-order valence-electron chi connectivity index (χ4n) is 7.01. The number of carbonyl (C=O) groups is 1. The van der Waals surface area contributed by atoms with E-state index in [1.54, 1.807) is 30.1 Å². The average molecular weight is 640 g/mol. The number of carbonyl (C=O) groups excluding carboxylic acids is 1. The van der Waals surface area contributed by atoms with Gasteiger partial charge < -0.3 is 0 Å². The Hall–Kier alpha value is -4.17. The summed E-state index contributed by atoms with van der Waals surface area (Å²) in [5, 5.41) is 8.67. The molecule has 2 fully saturated rings. The number of fused-ring (bicyclic) bond motifs is 2. The van der Waals surface area contributed by atoms with E-state index in [4.69, 9.17) is 0 Å². The van der Waals surface area contributed by atoms with Crippen LogP contribution in [0, 0.1) is 17.0 Å². The Morgan fingerprint density at radius 3 is 2.49 bits per heavy atom. The molecule has 4 aromatic rings. The zero-order chi connectivity index (χ0) is 31.7. The average Bonchev–Trinajstić information content (AvgIpc) is 3.61. The minimum atomic E-state index is -3.44. The highest BCUT2D eigenvalue weighted by Crippen LogP contribution is 2.53. The maximum Gasteiger partial charge on any atom is 0.251 e. The molecule has 0 amide bonds. The molecule has 1 aromatic carbocycles. The van der Waals surface area contributed by atoms with E-state index >= 15 is 0 Å². The van der Waals surface area contributed by atoms with Crippen LogP contribution in [0.3, 0.4) is 0 Å². The molecule has 7 rings (SSSR count). The number of benzene rings is 1. The molecule has 2 saturated carbocycles. The van der Waals surface area contributed by atoms with Crippen LogP contribution in [-0.2, 0) is 23.2 Å². The summed E-state index contributed by atoms with van der Waals surface area (Å²) >= 11 is 0. The number of Topliss-reactive ketones (excluding diaryl/α,β-unsaturated/α-hetero) is 1. The number of hydrogen-bond donors (Lipinski definition) is 0. The largest absolute Gasteiger partial charge is 0.291 e. The van der Waals surface area contributed by atoms with Crippen LogP contribution in [-0.4, -0.2) is 67.7 Å². The van der Waals surface area contributed by atoms with Gasteiger partial charge >= 0.3 is 0 Å². The third-order valence-corrected chi connectivity index (χ3v) is 11.1. The molecule has 1 unspecified atom stereocenters. The van der Waals surface area contributed by atoms with Crippen molar-refractivity contribution in [2.75, 3.05) is 0 Å². The first-order valence-electron chi connectivity index (χ1n) is 14.5. The van der Waals surface area contributed by atoms with Gasteiger partial charge in [0.25, 0.3) is 5.92 Å². The molecule has 14 heteroatoms. The molecule has 3 aliphatic carbocycles. The summed E-state index contributed by atoms with van der Waals surface area (Å²) in [7, 11) is -1.84. The van der Waals surface area contributed by atoms with Crippen molar-refractivity contribution in [1.82, 2.24) is 33.8 Å². The number of halogens is 4. The fourth-order valence-corrected chi connectivity index (χ4v) is 8.96. The molecule has 0 spiro atoms. The normalized spacial score (nSPS) is 23.9. The first-order chi connectivity index (χ1) is 21.4. The molecule has 45 heavy (non-hydrogen) atoms. The molecule has 3 atom stereocenters. The van der Waals surface area contributed by atoms with Gasteiger partial charge in [-0.1, -0.05) is 5.57 Å². The number of hydrogen-bond acceptors (Lipinski definition) is 6. The van der Waals surface area contributed by atoms with Crippen molar-refractivity contribution < 1.29 is 26.6 Å². The molecule has 0 N–H and O–H groups in total. The molecule has 3 aromatic heterocycles. The number of ketones is 1. The van der Waals surface area contributed by atoms with Crippen LogP contribution in [0.4, 0.5) is 17.6 Å². The van der Waals surface area contributed by atoms with Crippen LogP contribution in [0.5, 0.6) is 0 Å². The highest BCUT2D eigenvalue weighted by molar-refractivity contribution is 7.98. The lowest BCUT2D eigenvalue weighted by molar-refractivity contribution is -0.115. The second kappa shape index (κ2) is 10.4. The Morgan fingerprint density at radius 1 is 1.07 bits per heavy atom. The standard InChI is InChI=1S/C31H29F4N7O2S/c1-40-18-37-29(39-40)45(2,44)42(25-15-31(34,35)16-25)24-6-3-20-11-27-19(17-38-41(27)23-7-4-21(32)5-8-23)13-30(20,14-24)28(43)26-12-22(33)9-10-36-26/h4-5,7-12,17-18,24-25H,2-3,6,13-16H2,1H3/t24-,30-,45?/m0/s1. The van der Waals surface area contributed by atoms with E-state index < -0.39 is 57.6 Å². The van der Waals surface area contributed by atoms with E-state index in [9.17, 15) is 26.6 Å². The summed E-state index contributed by atoms with van der Waals surface area (Å²) in [4.78, 5) is 22.8. The van der Waals surface area contributed by atoms with E-state index in [-0.39, 0.29) is 29.5 Å². The molecule has 9 nitrogen and oxygen atoms in total. The SMILES string of the molecule is C=S(=O)(c1ncn(C)n1)N(C1CC(F)(F)C1)[C@H]1CCC2=Cc3c(cnn3-c3ccc(F)cc3)C[C@]2(C(=O)c2cc(F)ccn2)C1. The summed E-state index contributed by atoms with van der Waals surface area (Å²) in [6, 6.07) is 6.71. The van der Waals surface area contributed by atoms with E-state index in [1.807, 2.05) is 6.08 Å². The Bertz CT molecular complexity index is 1950. The van der Waals surface area contributed by atoms with Crippen LogP contribution in [0.1, 0.15) is 53.8 Å². The van der Waals surface area contributed by atoms with Crippen molar-refractivity contribution in [3.63, 3.8) is 0 Å². The summed E-state index contributed by atoms with van der Waals surface area (Å²) in [5.74, 6) is -0.382. The van der Waals surface area contributed by atoms with Crippen molar-refractivity contribution in [1.29, 1.82) is 0 Å². The van der Waals surface area contributed by atoms with Gasteiger partial charge in [0, 0.05) is 44.2 Å². The van der Waals surface area contributed by atoms with Crippen LogP contribution in [0.25, 0.3) is 11.8 Å². The fraction of sp³-hybridized carbons (Fsp3) is 0.355. The van der Waals surface area contributed by atoms with E-state index in [0.717, 1.165) is 29.0 Å². The van der Waals surface area contributed by atoms with Gasteiger partial charge in [-0.05, 0) is 73.5 Å². The minimum Gasteiger partial charge on any atom is -0.291 e. The molecule has 234 valence electrons. The second-order valence-electron chi connectivity index (χ2n) is 12.1. The number of nitrogens with zero attached hydrogens (tertiary/aromatic N) is 7. The smallest absolute Gasteiger partial charge is 0.251 e. The van der Waals surface area contributed by atoms with Crippen LogP contribution < -0.4 is 0 Å². The van der Waals surface area contributed by atoms with Gasteiger partial charge in [0.2, 0.25) is 5.16 Å². The number of alkyl halides is 2. The predicted octanol–water partition coefficient (Wildman–Crippen LogP) is 4.83. The highest BCUT2D eigenvalue weighted by Gasteiger charge is 2.56. The zero-order valence-electron chi connectivity index (χ0n) is 24.2. The molecule has 0 radical (unpaired) electrons. The van der Waals surface area contributed by atoms with Crippen molar-refractivity contribution in [3.8, 4) is 5.69 Å². The van der Waals surface area contributed by atoms with Crippen molar-refractivity contribution in [2.24, 2.45) is 12.5 Å². The lowest BCUT2D eigenvalue weighted by Crippen LogP contribution is -2.59. The van der Waals surface area contributed by atoms with Crippen molar-refractivity contribution >= 4 is 27.4 Å². The van der Waals surface area contributed by atoms with Crippen LogP contribution in [0.15, 0.2) is 65.8 Å². The molecule has 0 aliphatic heterocycles. The lowest BCUT2D eigenvalue weighted by Gasteiger charge is -2.51. The third kappa shape index (κ3) is 4.99. The first kappa shape index (κ1) is 29.5. The molecule has 0 bridgehead atoms. The maximum atomic E-state index is 14.5. The highest BCUT2D eigenvalue weighted by atomic mass is 32.2. The number of allylic oxidation sites excluding steroid dienone is 1. The molecule has 0 saturated heterocycles.